The number of halogens is 1. The maximum atomic E-state index is 13.7. The van der Waals surface area contributed by atoms with E-state index in [-0.39, 0.29) is 11.3 Å². The molecule has 19 heavy (non-hydrogen) atoms. The van der Waals surface area contributed by atoms with Gasteiger partial charge in [-0.25, -0.2) is 4.39 Å². The highest BCUT2D eigenvalue weighted by atomic mass is 19.1. The van der Waals surface area contributed by atoms with Crippen LogP contribution in [-0.2, 0) is 0 Å². The topological polar surface area (TPSA) is 30.0 Å². The Labute approximate surface area is 109 Å². The standard InChI is InChI=1S/C16H10FNO/c17-14-7-3-1-6-13(14)16(19)12-9-10-18-15-8-4-2-5-11(12)15/h1-10H. The molecule has 0 radical (unpaired) electrons. The first-order valence-corrected chi connectivity index (χ1v) is 5.90. The highest BCUT2D eigenvalue weighted by Crippen LogP contribution is 2.20. The molecule has 3 heteroatoms. The zero-order valence-electron chi connectivity index (χ0n) is 10.0. The van der Waals surface area contributed by atoms with Gasteiger partial charge in [-0.2, -0.15) is 0 Å². The third-order valence-electron chi connectivity index (χ3n) is 3.01. The molecule has 0 amide bonds. The summed E-state index contributed by atoms with van der Waals surface area (Å²) < 4.78 is 13.7. The number of fused-ring (bicyclic) bond motifs is 1. The van der Waals surface area contributed by atoms with Gasteiger partial charge >= 0.3 is 0 Å². The smallest absolute Gasteiger partial charge is 0.196 e. The predicted molar refractivity (Wildman–Crippen MR) is 71.6 cm³/mol. The number of hydrogen-bond acceptors (Lipinski definition) is 2. The summed E-state index contributed by atoms with van der Waals surface area (Å²) >= 11 is 0. The van der Waals surface area contributed by atoms with Crippen LogP contribution in [-0.4, -0.2) is 10.8 Å². The average molecular weight is 251 g/mol. The molecule has 92 valence electrons. The summed E-state index contributed by atoms with van der Waals surface area (Å²) in [5.74, 6) is -0.829. The Bertz CT molecular complexity index is 762. The van der Waals surface area contributed by atoms with Gasteiger partial charge in [0.2, 0.25) is 0 Å². The van der Waals surface area contributed by atoms with Gasteiger partial charge in [-0.3, -0.25) is 9.78 Å². The highest BCUT2D eigenvalue weighted by molar-refractivity contribution is 6.15. The summed E-state index contributed by atoms with van der Waals surface area (Å²) in [5, 5.41) is 0.734. The number of nitrogens with zero attached hydrogens (tertiary/aromatic N) is 1. The molecule has 0 N–H and O–H groups in total. The first-order valence-electron chi connectivity index (χ1n) is 5.90. The van der Waals surface area contributed by atoms with E-state index in [0.717, 1.165) is 10.9 Å². The van der Waals surface area contributed by atoms with E-state index in [2.05, 4.69) is 4.98 Å². The number of pyridine rings is 1. The third-order valence-corrected chi connectivity index (χ3v) is 3.01. The maximum absolute atomic E-state index is 13.7. The molecule has 2 nitrogen and oxygen atoms in total. The molecule has 0 aliphatic heterocycles. The zero-order chi connectivity index (χ0) is 13.2. The Kier molecular flexibility index (Phi) is 2.80. The molecule has 3 rings (SSSR count). The normalized spacial score (nSPS) is 10.6. The van der Waals surface area contributed by atoms with Crippen molar-refractivity contribution < 1.29 is 9.18 Å². The summed E-state index contributed by atoms with van der Waals surface area (Å²) in [5.41, 5.74) is 1.28. The molecule has 0 atom stereocenters. The van der Waals surface area contributed by atoms with E-state index in [4.69, 9.17) is 0 Å². The third kappa shape index (κ3) is 1.99. The van der Waals surface area contributed by atoms with Crippen molar-refractivity contribution in [2.75, 3.05) is 0 Å². The van der Waals surface area contributed by atoms with Crippen LogP contribution in [0.1, 0.15) is 15.9 Å². The molecule has 0 spiro atoms. The number of benzene rings is 2. The second-order valence-electron chi connectivity index (χ2n) is 4.18. The summed E-state index contributed by atoms with van der Waals surface area (Å²) in [6.07, 6.45) is 1.57. The molecular formula is C16H10FNO. The van der Waals surface area contributed by atoms with E-state index in [1.54, 1.807) is 24.4 Å². The van der Waals surface area contributed by atoms with Crippen molar-refractivity contribution in [2.45, 2.75) is 0 Å². The monoisotopic (exact) mass is 251 g/mol. The number of carbonyl (C=O) groups is 1. The van der Waals surface area contributed by atoms with E-state index >= 15 is 0 Å². The van der Waals surface area contributed by atoms with E-state index in [9.17, 15) is 9.18 Å². The van der Waals surface area contributed by atoms with Gasteiger partial charge in [-0.15, -0.1) is 0 Å². The number of carbonyl (C=O) groups excluding carboxylic acids is 1. The van der Waals surface area contributed by atoms with Crippen molar-refractivity contribution in [1.29, 1.82) is 0 Å². The van der Waals surface area contributed by atoms with E-state index in [0.29, 0.717) is 5.56 Å². The van der Waals surface area contributed by atoms with Crippen LogP contribution in [0, 0.1) is 5.82 Å². The molecule has 0 aliphatic rings. The van der Waals surface area contributed by atoms with Gasteiger partial charge in [0.15, 0.2) is 5.78 Å². The lowest BCUT2D eigenvalue weighted by molar-refractivity contribution is 0.103. The Morgan fingerprint density at radius 1 is 0.895 bits per heavy atom. The number of rotatable bonds is 2. The summed E-state index contributed by atoms with van der Waals surface area (Å²) in [4.78, 5) is 16.6. The second-order valence-corrected chi connectivity index (χ2v) is 4.18. The van der Waals surface area contributed by atoms with Crippen LogP contribution in [0.25, 0.3) is 10.9 Å². The quantitative estimate of drug-likeness (QED) is 0.651. The minimum atomic E-state index is -0.506. The maximum Gasteiger partial charge on any atom is 0.196 e. The van der Waals surface area contributed by atoms with Gasteiger partial charge in [0.05, 0.1) is 11.1 Å². The fourth-order valence-corrected chi connectivity index (χ4v) is 2.08. The van der Waals surface area contributed by atoms with Gasteiger partial charge in [0.25, 0.3) is 0 Å². The molecule has 0 unspecified atom stereocenters. The Hall–Kier alpha value is -2.55. The first kappa shape index (κ1) is 11.5. The minimum absolute atomic E-state index is 0.0823. The van der Waals surface area contributed by atoms with Crippen LogP contribution in [0.5, 0.6) is 0 Å². The van der Waals surface area contributed by atoms with Crippen LogP contribution in [0.4, 0.5) is 4.39 Å². The number of aromatic nitrogens is 1. The lowest BCUT2D eigenvalue weighted by Crippen LogP contribution is -2.05. The highest BCUT2D eigenvalue weighted by Gasteiger charge is 2.15. The average Bonchev–Trinajstić information content (AvgIpc) is 2.46. The largest absolute Gasteiger partial charge is 0.288 e. The molecule has 3 aromatic rings. The molecule has 0 fully saturated rings. The molecule has 0 bridgehead atoms. The Morgan fingerprint density at radius 3 is 2.47 bits per heavy atom. The lowest BCUT2D eigenvalue weighted by Gasteiger charge is -2.05. The molecule has 2 aromatic carbocycles. The van der Waals surface area contributed by atoms with Crippen molar-refractivity contribution in [3.63, 3.8) is 0 Å². The van der Waals surface area contributed by atoms with Gasteiger partial charge < -0.3 is 0 Å². The van der Waals surface area contributed by atoms with Gasteiger partial charge in [-0.1, -0.05) is 30.3 Å². The summed E-state index contributed by atoms with van der Waals surface area (Å²) in [6, 6.07) is 15.0. The number of para-hydroxylation sites is 1. The van der Waals surface area contributed by atoms with Gasteiger partial charge in [0, 0.05) is 17.1 Å². The second kappa shape index (κ2) is 4.61. The van der Waals surface area contributed by atoms with Crippen molar-refractivity contribution >= 4 is 16.7 Å². The number of ketones is 1. The molecule has 0 saturated heterocycles. The van der Waals surface area contributed by atoms with Crippen molar-refractivity contribution in [3.05, 3.63) is 77.7 Å². The van der Waals surface area contributed by atoms with Crippen molar-refractivity contribution in [1.82, 2.24) is 4.98 Å². The number of hydrogen-bond donors (Lipinski definition) is 0. The molecule has 1 heterocycles. The van der Waals surface area contributed by atoms with Crippen LogP contribution in [0.3, 0.4) is 0 Å². The Morgan fingerprint density at radius 2 is 1.63 bits per heavy atom. The van der Waals surface area contributed by atoms with E-state index in [1.807, 2.05) is 24.3 Å². The lowest BCUT2D eigenvalue weighted by atomic mass is 9.99. The minimum Gasteiger partial charge on any atom is -0.288 e. The summed E-state index contributed by atoms with van der Waals surface area (Å²) in [6.45, 7) is 0. The fraction of sp³-hybridized carbons (Fsp3) is 0. The zero-order valence-corrected chi connectivity index (χ0v) is 10.0. The van der Waals surface area contributed by atoms with Crippen molar-refractivity contribution in [3.8, 4) is 0 Å². The summed E-state index contributed by atoms with van der Waals surface area (Å²) in [7, 11) is 0. The van der Waals surface area contributed by atoms with Crippen LogP contribution in [0.15, 0.2) is 60.8 Å². The van der Waals surface area contributed by atoms with Crippen LogP contribution in [0.2, 0.25) is 0 Å². The van der Waals surface area contributed by atoms with E-state index in [1.165, 1.54) is 12.1 Å². The van der Waals surface area contributed by atoms with Gasteiger partial charge in [0.1, 0.15) is 5.82 Å². The van der Waals surface area contributed by atoms with Crippen LogP contribution >= 0.6 is 0 Å². The van der Waals surface area contributed by atoms with E-state index < -0.39 is 5.82 Å². The SMILES string of the molecule is O=C(c1ccccc1F)c1ccnc2ccccc12. The van der Waals surface area contributed by atoms with Gasteiger partial charge in [-0.05, 0) is 24.3 Å². The molecular weight excluding hydrogens is 241 g/mol. The molecule has 0 saturated carbocycles. The Balaban J connectivity index is 2.20. The molecule has 0 aliphatic carbocycles. The van der Waals surface area contributed by atoms with Crippen LogP contribution < -0.4 is 0 Å². The molecule has 1 aromatic heterocycles. The van der Waals surface area contributed by atoms with Crippen molar-refractivity contribution in [2.24, 2.45) is 0 Å². The first-order chi connectivity index (χ1) is 9.27. The predicted octanol–water partition coefficient (Wildman–Crippen LogP) is 3.60. The fourth-order valence-electron chi connectivity index (χ4n) is 2.08.